The number of hydrogen-bond acceptors (Lipinski definition) is 3. The summed E-state index contributed by atoms with van der Waals surface area (Å²) in [5.74, 6) is 0.0378. The molecule has 2 atom stereocenters. The van der Waals surface area contributed by atoms with Gasteiger partial charge in [-0.15, -0.1) is 12.4 Å². The molecule has 0 spiro atoms. The summed E-state index contributed by atoms with van der Waals surface area (Å²) in [7, 11) is 1.89. The molecule has 92 valence electrons. The number of thiophene rings is 1. The molecule has 0 radical (unpaired) electrons. The molecule has 0 aliphatic rings. The first-order valence-electron chi connectivity index (χ1n) is 5.12. The van der Waals surface area contributed by atoms with Crippen LogP contribution in [0.3, 0.4) is 0 Å². The van der Waals surface area contributed by atoms with E-state index in [1.807, 2.05) is 37.7 Å². The Labute approximate surface area is 107 Å². The van der Waals surface area contributed by atoms with Gasteiger partial charge in [-0.05, 0) is 43.3 Å². The molecular weight excluding hydrogens is 244 g/mol. The van der Waals surface area contributed by atoms with Gasteiger partial charge in [0.15, 0.2) is 0 Å². The highest BCUT2D eigenvalue weighted by molar-refractivity contribution is 7.08. The van der Waals surface area contributed by atoms with Gasteiger partial charge in [-0.25, -0.2) is 0 Å². The molecule has 0 saturated carbocycles. The van der Waals surface area contributed by atoms with Gasteiger partial charge < -0.3 is 10.6 Å². The maximum Gasteiger partial charge on any atom is 0.227 e. The fraction of sp³-hybridized carbons (Fsp3) is 0.545. The third kappa shape index (κ3) is 4.51. The van der Waals surface area contributed by atoms with Crippen LogP contribution in [0.1, 0.15) is 25.3 Å². The van der Waals surface area contributed by atoms with Crippen molar-refractivity contribution >= 4 is 29.7 Å². The summed E-state index contributed by atoms with van der Waals surface area (Å²) >= 11 is 1.62. The van der Waals surface area contributed by atoms with Crippen LogP contribution >= 0.6 is 23.7 Å². The summed E-state index contributed by atoms with van der Waals surface area (Å²) in [6.07, 6.45) is 0. The van der Waals surface area contributed by atoms with E-state index in [0.29, 0.717) is 12.6 Å². The number of carbonyl (C=O) groups is 1. The fourth-order valence-corrected chi connectivity index (χ4v) is 1.94. The second-order valence-electron chi connectivity index (χ2n) is 3.71. The fourth-order valence-electron chi connectivity index (χ4n) is 1.18. The van der Waals surface area contributed by atoms with Crippen molar-refractivity contribution < 1.29 is 4.79 Å². The molecule has 0 aliphatic heterocycles. The van der Waals surface area contributed by atoms with E-state index >= 15 is 0 Å². The van der Waals surface area contributed by atoms with Crippen molar-refractivity contribution in [1.82, 2.24) is 10.6 Å². The number of nitrogens with one attached hydrogen (secondary N) is 2. The highest BCUT2D eigenvalue weighted by atomic mass is 35.5. The average Bonchev–Trinajstić information content (AvgIpc) is 2.77. The summed E-state index contributed by atoms with van der Waals surface area (Å²) < 4.78 is 0. The molecule has 1 rings (SSSR count). The Kier molecular flexibility index (Phi) is 7.38. The number of hydrogen-bond donors (Lipinski definition) is 2. The Morgan fingerprint density at radius 3 is 2.69 bits per heavy atom. The highest BCUT2D eigenvalue weighted by Gasteiger charge is 2.15. The molecule has 0 saturated heterocycles. The number of carbonyl (C=O) groups excluding carboxylic acids is 1. The quantitative estimate of drug-likeness (QED) is 0.852. The normalized spacial score (nSPS) is 13.7. The third-order valence-electron chi connectivity index (χ3n) is 2.51. The van der Waals surface area contributed by atoms with Crippen molar-refractivity contribution in [3.63, 3.8) is 0 Å². The van der Waals surface area contributed by atoms with Crippen molar-refractivity contribution in [3.8, 4) is 0 Å². The average molecular weight is 263 g/mol. The molecule has 16 heavy (non-hydrogen) atoms. The van der Waals surface area contributed by atoms with Gasteiger partial charge in [0.25, 0.3) is 0 Å². The van der Waals surface area contributed by atoms with Gasteiger partial charge in [0, 0.05) is 12.6 Å². The van der Waals surface area contributed by atoms with Gasteiger partial charge in [0.1, 0.15) is 0 Å². The Bertz CT molecular complexity index is 303. The largest absolute Gasteiger partial charge is 0.354 e. The summed E-state index contributed by atoms with van der Waals surface area (Å²) in [6, 6.07) is 2.31. The van der Waals surface area contributed by atoms with Crippen molar-refractivity contribution in [2.75, 3.05) is 13.6 Å². The second-order valence-corrected chi connectivity index (χ2v) is 4.49. The van der Waals surface area contributed by atoms with Crippen LogP contribution in [-0.4, -0.2) is 25.5 Å². The number of likely N-dealkylation sites (N-methyl/N-ethyl adjacent to an activating group) is 1. The zero-order chi connectivity index (χ0) is 11.3. The van der Waals surface area contributed by atoms with Crippen LogP contribution in [0.5, 0.6) is 0 Å². The second kappa shape index (κ2) is 7.65. The van der Waals surface area contributed by atoms with E-state index in [2.05, 4.69) is 10.6 Å². The molecule has 3 nitrogen and oxygen atoms in total. The maximum absolute atomic E-state index is 11.7. The number of halogens is 1. The van der Waals surface area contributed by atoms with Crippen LogP contribution in [0.15, 0.2) is 16.8 Å². The Hall–Kier alpha value is -0.580. The highest BCUT2D eigenvalue weighted by Crippen LogP contribution is 2.17. The van der Waals surface area contributed by atoms with Gasteiger partial charge in [0.05, 0.1) is 5.92 Å². The maximum atomic E-state index is 11.7. The minimum absolute atomic E-state index is 0. The summed E-state index contributed by atoms with van der Waals surface area (Å²) in [4.78, 5) is 11.7. The van der Waals surface area contributed by atoms with Crippen LogP contribution in [0, 0.1) is 0 Å². The summed E-state index contributed by atoms with van der Waals surface area (Å²) in [6.45, 7) is 4.64. The van der Waals surface area contributed by atoms with Crippen molar-refractivity contribution in [2.24, 2.45) is 0 Å². The molecule has 5 heteroatoms. The van der Waals surface area contributed by atoms with Gasteiger partial charge >= 0.3 is 0 Å². The topological polar surface area (TPSA) is 41.1 Å². The molecule has 0 aromatic carbocycles. The van der Waals surface area contributed by atoms with Crippen LogP contribution in [0.2, 0.25) is 0 Å². The smallest absolute Gasteiger partial charge is 0.227 e. The monoisotopic (exact) mass is 262 g/mol. The van der Waals surface area contributed by atoms with E-state index in [1.54, 1.807) is 11.3 Å². The van der Waals surface area contributed by atoms with Crippen molar-refractivity contribution in [3.05, 3.63) is 22.4 Å². The van der Waals surface area contributed by atoms with Crippen molar-refractivity contribution in [1.29, 1.82) is 0 Å². The van der Waals surface area contributed by atoms with E-state index in [4.69, 9.17) is 0 Å². The molecule has 0 fully saturated rings. The summed E-state index contributed by atoms with van der Waals surface area (Å²) in [5.41, 5.74) is 1.09. The van der Waals surface area contributed by atoms with Crippen LogP contribution < -0.4 is 10.6 Å². The number of amides is 1. The van der Waals surface area contributed by atoms with E-state index in [-0.39, 0.29) is 24.2 Å². The first kappa shape index (κ1) is 15.4. The van der Waals surface area contributed by atoms with Crippen LogP contribution in [0.4, 0.5) is 0 Å². The number of rotatable bonds is 5. The van der Waals surface area contributed by atoms with E-state index in [9.17, 15) is 4.79 Å². The Balaban J connectivity index is 0.00000225. The van der Waals surface area contributed by atoms with Gasteiger partial charge in [-0.1, -0.05) is 0 Å². The van der Waals surface area contributed by atoms with E-state index in [0.717, 1.165) is 5.56 Å². The minimum Gasteiger partial charge on any atom is -0.354 e. The molecular formula is C11H19ClN2OS. The van der Waals surface area contributed by atoms with Crippen LogP contribution in [-0.2, 0) is 4.79 Å². The minimum atomic E-state index is -0.0553. The third-order valence-corrected chi connectivity index (χ3v) is 3.21. The lowest BCUT2D eigenvalue weighted by Gasteiger charge is -2.14. The molecule has 2 N–H and O–H groups in total. The molecule has 0 aliphatic carbocycles. The molecule has 1 heterocycles. The predicted octanol–water partition coefficient (Wildman–Crippen LogP) is 2.00. The molecule has 1 amide bonds. The lowest BCUT2D eigenvalue weighted by Crippen LogP contribution is -2.38. The van der Waals surface area contributed by atoms with Crippen molar-refractivity contribution in [2.45, 2.75) is 25.8 Å². The zero-order valence-electron chi connectivity index (χ0n) is 9.82. The summed E-state index contributed by atoms with van der Waals surface area (Å²) in [5, 5.41) is 10.0. The van der Waals surface area contributed by atoms with Gasteiger partial charge in [0.2, 0.25) is 5.91 Å². The Morgan fingerprint density at radius 2 is 2.19 bits per heavy atom. The molecule has 2 unspecified atom stereocenters. The molecule has 0 bridgehead atoms. The van der Waals surface area contributed by atoms with E-state index < -0.39 is 0 Å². The van der Waals surface area contributed by atoms with E-state index in [1.165, 1.54) is 0 Å². The SMILES string of the molecule is CNC(C)CNC(=O)C(C)c1ccsc1.Cl. The van der Waals surface area contributed by atoms with Gasteiger partial charge in [-0.2, -0.15) is 11.3 Å². The standard InChI is InChI=1S/C11H18N2OS.ClH/c1-8(12-3)6-13-11(14)9(2)10-4-5-15-7-10;/h4-5,7-9,12H,6H2,1-3H3,(H,13,14);1H. The Morgan fingerprint density at radius 1 is 1.50 bits per heavy atom. The lowest BCUT2D eigenvalue weighted by atomic mass is 10.0. The van der Waals surface area contributed by atoms with Crippen LogP contribution in [0.25, 0.3) is 0 Å². The predicted molar refractivity (Wildman–Crippen MR) is 71.5 cm³/mol. The zero-order valence-corrected chi connectivity index (χ0v) is 11.5. The lowest BCUT2D eigenvalue weighted by molar-refractivity contribution is -0.122. The first-order chi connectivity index (χ1) is 7.15. The van der Waals surface area contributed by atoms with Gasteiger partial charge in [-0.3, -0.25) is 4.79 Å². The molecule has 1 aromatic heterocycles. The molecule has 1 aromatic rings. The first-order valence-corrected chi connectivity index (χ1v) is 6.06.